The molecule has 0 unspecified atom stereocenters. The lowest BCUT2D eigenvalue weighted by Crippen LogP contribution is -1.94. The number of hydrogen-bond acceptors (Lipinski definition) is 2. The summed E-state index contributed by atoms with van der Waals surface area (Å²) in [6.45, 7) is 7.08. The first kappa shape index (κ1) is 23.6. The Kier molecular flexibility index (Phi) is 12.0. The van der Waals surface area contributed by atoms with Gasteiger partial charge in [-0.15, -0.1) is 0 Å². The van der Waals surface area contributed by atoms with Crippen LogP contribution in [0.3, 0.4) is 0 Å². The van der Waals surface area contributed by atoms with E-state index >= 15 is 0 Å². The lowest BCUT2D eigenvalue weighted by Gasteiger charge is -2.04. The Morgan fingerprint density at radius 3 is 1.43 bits per heavy atom. The fraction of sp³-hybridized carbons (Fsp3) is 0.286. The maximum atomic E-state index is 5.68. The van der Waals surface area contributed by atoms with Crippen LogP contribution in [-0.4, -0.2) is 26.4 Å². The molecule has 0 spiro atoms. The summed E-state index contributed by atoms with van der Waals surface area (Å²) in [5, 5.41) is 0. The summed E-state index contributed by atoms with van der Waals surface area (Å²) in [5.74, 6) is 0. The molecule has 0 N–H and O–H groups in total. The molecule has 2 nitrogen and oxygen atoms in total. The Balaban J connectivity index is 1.53. The predicted molar refractivity (Wildman–Crippen MR) is 129 cm³/mol. The van der Waals surface area contributed by atoms with Gasteiger partial charge < -0.3 is 9.47 Å². The zero-order valence-electron chi connectivity index (χ0n) is 18.3. The van der Waals surface area contributed by atoms with E-state index in [0.717, 1.165) is 26.1 Å². The van der Waals surface area contributed by atoms with Gasteiger partial charge in [-0.25, -0.2) is 0 Å². The van der Waals surface area contributed by atoms with Crippen molar-refractivity contribution in [1.82, 2.24) is 0 Å². The van der Waals surface area contributed by atoms with Crippen molar-refractivity contribution in [2.75, 3.05) is 26.4 Å². The minimum Gasteiger partial charge on any atom is -0.377 e. The fourth-order valence-corrected chi connectivity index (χ4v) is 2.84. The van der Waals surface area contributed by atoms with Crippen molar-refractivity contribution in [1.29, 1.82) is 0 Å². The minimum atomic E-state index is 0.645. The quantitative estimate of drug-likeness (QED) is 0.262. The molecule has 2 rings (SSSR count). The van der Waals surface area contributed by atoms with Gasteiger partial charge in [-0.1, -0.05) is 108 Å². The van der Waals surface area contributed by atoms with E-state index in [1.807, 2.05) is 36.4 Å². The SMILES string of the molecule is CC(=C\CCOC/C=C/c1ccccc1)/C(C)=C/CCOC/C=C/c1ccccc1. The van der Waals surface area contributed by atoms with Gasteiger partial charge in [0.2, 0.25) is 0 Å². The van der Waals surface area contributed by atoms with E-state index in [1.54, 1.807) is 0 Å². The molecule has 0 saturated heterocycles. The highest BCUT2D eigenvalue weighted by Gasteiger charge is 1.94. The van der Waals surface area contributed by atoms with Gasteiger partial charge in [-0.3, -0.25) is 0 Å². The molecule has 2 aromatic rings. The molecule has 2 heteroatoms. The van der Waals surface area contributed by atoms with Crippen LogP contribution in [0.25, 0.3) is 12.2 Å². The maximum absolute atomic E-state index is 5.68. The Labute approximate surface area is 182 Å². The molecule has 158 valence electrons. The summed E-state index contributed by atoms with van der Waals surface area (Å²) in [5.41, 5.74) is 5.02. The number of hydrogen-bond donors (Lipinski definition) is 0. The van der Waals surface area contributed by atoms with Crippen LogP contribution in [0.1, 0.15) is 37.8 Å². The zero-order valence-corrected chi connectivity index (χ0v) is 18.3. The second-order valence-corrected chi connectivity index (χ2v) is 7.13. The van der Waals surface area contributed by atoms with Crippen molar-refractivity contribution in [2.24, 2.45) is 0 Å². The minimum absolute atomic E-state index is 0.645. The molecule has 0 aliphatic rings. The Bertz CT molecular complexity index is 743. The van der Waals surface area contributed by atoms with E-state index < -0.39 is 0 Å². The van der Waals surface area contributed by atoms with Crippen LogP contribution in [0, 0.1) is 0 Å². The highest BCUT2D eigenvalue weighted by molar-refractivity contribution is 5.49. The van der Waals surface area contributed by atoms with E-state index in [0.29, 0.717) is 13.2 Å². The molecule has 0 aliphatic carbocycles. The van der Waals surface area contributed by atoms with Gasteiger partial charge in [0.1, 0.15) is 0 Å². The molecule has 2 aromatic carbocycles. The normalized spacial score (nSPS) is 12.9. The third-order valence-electron chi connectivity index (χ3n) is 4.70. The van der Waals surface area contributed by atoms with Gasteiger partial charge in [-0.05, 0) is 37.8 Å². The lowest BCUT2D eigenvalue weighted by atomic mass is 10.1. The molecule has 0 amide bonds. The molecular formula is C28H34O2. The van der Waals surface area contributed by atoms with Gasteiger partial charge in [0.25, 0.3) is 0 Å². The number of allylic oxidation sites excluding steroid dienone is 2. The van der Waals surface area contributed by atoms with Crippen molar-refractivity contribution in [3.8, 4) is 0 Å². The summed E-state index contributed by atoms with van der Waals surface area (Å²) in [7, 11) is 0. The highest BCUT2D eigenvalue weighted by Crippen LogP contribution is 2.10. The molecule has 0 fully saturated rings. The first-order valence-electron chi connectivity index (χ1n) is 10.7. The van der Waals surface area contributed by atoms with Crippen LogP contribution in [-0.2, 0) is 9.47 Å². The number of benzene rings is 2. The topological polar surface area (TPSA) is 18.5 Å². The average molecular weight is 403 g/mol. The Morgan fingerprint density at radius 1 is 0.633 bits per heavy atom. The van der Waals surface area contributed by atoms with Gasteiger partial charge in [0.05, 0.1) is 26.4 Å². The van der Waals surface area contributed by atoms with Crippen LogP contribution < -0.4 is 0 Å². The Hall–Kier alpha value is -2.68. The van der Waals surface area contributed by atoms with E-state index in [2.05, 4.69) is 74.6 Å². The maximum Gasteiger partial charge on any atom is 0.0650 e. The zero-order chi connectivity index (χ0) is 21.3. The summed E-state index contributed by atoms with van der Waals surface area (Å²) in [4.78, 5) is 0. The van der Waals surface area contributed by atoms with Crippen LogP contribution in [0.4, 0.5) is 0 Å². The standard InChI is InChI=1S/C28H34O2/c1-25(13-9-21-29-23-11-19-27-15-5-3-6-16-27)26(2)14-10-22-30-24-12-20-28-17-7-4-8-18-28/h3-8,11-20H,9-10,21-24H2,1-2H3/b19-11+,20-12+,25-13+,26-14+. The van der Waals surface area contributed by atoms with Gasteiger partial charge in [-0.2, -0.15) is 0 Å². The molecule has 0 heterocycles. The predicted octanol–water partition coefficient (Wildman–Crippen LogP) is 7.12. The molecular weight excluding hydrogens is 368 g/mol. The summed E-state index contributed by atoms with van der Waals surface area (Å²) in [6, 6.07) is 20.6. The first-order valence-corrected chi connectivity index (χ1v) is 10.7. The van der Waals surface area contributed by atoms with Crippen molar-refractivity contribution < 1.29 is 9.47 Å². The van der Waals surface area contributed by atoms with Crippen molar-refractivity contribution >= 4 is 12.2 Å². The van der Waals surface area contributed by atoms with Gasteiger partial charge in [0, 0.05) is 0 Å². The molecule has 0 aromatic heterocycles. The third kappa shape index (κ3) is 10.8. The molecule has 0 saturated carbocycles. The van der Waals surface area contributed by atoms with Crippen molar-refractivity contribution in [3.05, 3.63) is 107 Å². The smallest absolute Gasteiger partial charge is 0.0650 e. The fourth-order valence-electron chi connectivity index (χ4n) is 2.84. The summed E-state index contributed by atoms with van der Waals surface area (Å²) < 4.78 is 11.4. The summed E-state index contributed by atoms with van der Waals surface area (Å²) in [6.07, 6.45) is 14.7. The van der Waals surface area contributed by atoms with Gasteiger partial charge in [0.15, 0.2) is 0 Å². The number of rotatable bonds is 13. The molecule has 0 atom stereocenters. The van der Waals surface area contributed by atoms with Crippen LogP contribution in [0.15, 0.2) is 96.1 Å². The van der Waals surface area contributed by atoms with Crippen LogP contribution in [0.5, 0.6) is 0 Å². The third-order valence-corrected chi connectivity index (χ3v) is 4.70. The molecule has 0 bridgehead atoms. The highest BCUT2D eigenvalue weighted by atomic mass is 16.5. The Morgan fingerprint density at radius 2 is 1.03 bits per heavy atom. The van der Waals surface area contributed by atoms with Crippen LogP contribution >= 0.6 is 0 Å². The molecule has 0 aliphatic heterocycles. The van der Waals surface area contributed by atoms with E-state index in [4.69, 9.17) is 9.47 Å². The summed E-state index contributed by atoms with van der Waals surface area (Å²) >= 11 is 0. The van der Waals surface area contributed by atoms with Crippen LogP contribution in [0.2, 0.25) is 0 Å². The average Bonchev–Trinajstić information content (AvgIpc) is 2.79. The first-order chi connectivity index (χ1) is 14.8. The number of ether oxygens (including phenoxy) is 2. The molecule has 30 heavy (non-hydrogen) atoms. The largest absolute Gasteiger partial charge is 0.377 e. The second-order valence-electron chi connectivity index (χ2n) is 7.13. The van der Waals surface area contributed by atoms with Crippen molar-refractivity contribution in [3.63, 3.8) is 0 Å². The van der Waals surface area contributed by atoms with Crippen molar-refractivity contribution in [2.45, 2.75) is 26.7 Å². The van der Waals surface area contributed by atoms with E-state index in [1.165, 1.54) is 22.3 Å². The second kappa shape index (κ2) is 15.2. The van der Waals surface area contributed by atoms with E-state index in [-0.39, 0.29) is 0 Å². The molecule has 0 radical (unpaired) electrons. The monoisotopic (exact) mass is 402 g/mol. The lowest BCUT2D eigenvalue weighted by molar-refractivity contribution is 0.167. The van der Waals surface area contributed by atoms with E-state index in [9.17, 15) is 0 Å². The van der Waals surface area contributed by atoms with Gasteiger partial charge >= 0.3 is 0 Å².